The van der Waals surface area contributed by atoms with Crippen molar-refractivity contribution in [1.82, 2.24) is 4.90 Å². The Hall–Kier alpha value is -4.36. The van der Waals surface area contributed by atoms with Gasteiger partial charge in [0, 0.05) is 24.6 Å². The number of para-hydroxylation sites is 1. The average Bonchev–Trinajstić information content (AvgIpc) is 2.98. The number of nitrogens with one attached hydrogen (secondary N) is 1. The number of carbonyl (C=O) groups is 2. The summed E-state index contributed by atoms with van der Waals surface area (Å²) in [5.74, 6) is 0.305. The van der Waals surface area contributed by atoms with E-state index < -0.39 is 5.25 Å². The Morgan fingerprint density at radius 3 is 2.03 bits per heavy atom. The molecule has 1 N–H and O–H groups in total. The maximum Gasteiger partial charge on any atom is 0.238 e. The summed E-state index contributed by atoms with van der Waals surface area (Å²) in [5.41, 5.74) is 3.58. The Balaban J connectivity index is 1.47. The first-order chi connectivity index (χ1) is 19.1. The highest BCUT2D eigenvalue weighted by Crippen LogP contribution is 2.34. The molecule has 1 fully saturated rings. The second kappa shape index (κ2) is 12.5. The molecular formula is C32H29N3O3S. The number of aliphatic imine (C=N–C) groups is 1. The molecular weight excluding hydrogens is 506 g/mol. The van der Waals surface area contributed by atoms with Gasteiger partial charge in [0.1, 0.15) is 11.0 Å². The molecule has 0 unspecified atom stereocenters. The van der Waals surface area contributed by atoms with Crippen LogP contribution in [0.25, 0.3) is 0 Å². The third-order valence-corrected chi connectivity index (χ3v) is 7.73. The summed E-state index contributed by atoms with van der Waals surface area (Å²) in [4.78, 5) is 33.5. The third-order valence-electron chi connectivity index (χ3n) is 6.54. The normalized spacial score (nSPS) is 16.4. The molecule has 1 saturated heterocycles. The van der Waals surface area contributed by atoms with Gasteiger partial charge >= 0.3 is 0 Å². The lowest BCUT2D eigenvalue weighted by molar-refractivity contribution is -0.129. The van der Waals surface area contributed by atoms with Crippen molar-refractivity contribution in [1.29, 1.82) is 0 Å². The fourth-order valence-corrected chi connectivity index (χ4v) is 5.60. The largest absolute Gasteiger partial charge is 0.497 e. The van der Waals surface area contributed by atoms with Crippen LogP contribution in [0.3, 0.4) is 0 Å². The molecule has 0 saturated carbocycles. The Morgan fingerprint density at radius 1 is 0.897 bits per heavy atom. The minimum Gasteiger partial charge on any atom is -0.497 e. The maximum absolute atomic E-state index is 13.7. The van der Waals surface area contributed by atoms with Crippen LogP contribution in [0.5, 0.6) is 5.75 Å². The summed E-state index contributed by atoms with van der Waals surface area (Å²) in [6.45, 7) is 0.405. The number of anilines is 1. The molecule has 0 radical (unpaired) electrons. The third kappa shape index (κ3) is 6.56. The van der Waals surface area contributed by atoms with E-state index in [4.69, 9.17) is 9.73 Å². The number of rotatable bonds is 8. The molecule has 6 nitrogen and oxygen atoms in total. The van der Waals surface area contributed by atoms with Crippen molar-refractivity contribution in [2.45, 2.75) is 17.6 Å². The van der Waals surface area contributed by atoms with Gasteiger partial charge in [-0.25, -0.2) is 4.99 Å². The zero-order valence-electron chi connectivity index (χ0n) is 21.6. The predicted molar refractivity (Wildman–Crippen MR) is 158 cm³/mol. The van der Waals surface area contributed by atoms with Crippen LogP contribution in [0.4, 0.5) is 11.4 Å². The molecule has 0 spiro atoms. The summed E-state index contributed by atoms with van der Waals surface area (Å²) < 4.78 is 5.28. The van der Waals surface area contributed by atoms with Crippen LogP contribution in [-0.2, 0) is 9.59 Å². The number of carbonyl (C=O) groups excluding carboxylic acids is 2. The summed E-state index contributed by atoms with van der Waals surface area (Å²) >= 11 is 1.32. The first kappa shape index (κ1) is 26.3. The van der Waals surface area contributed by atoms with Crippen molar-refractivity contribution < 1.29 is 14.3 Å². The second-order valence-electron chi connectivity index (χ2n) is 9.14. The van der Waals surface area contributed by atoms with E-state index in [9.17, 15) is 9.59 Å². The molecule has 196 valence electrons. The van der Waals surface area contributed by atoms with Gasteiger partial charge in [0.15, 0.2) is 5.17 Å². The quantitative estimate of drug-likeness (QED) is 0.280. The lowest BCUT2D eigenvalue weighted by atomic mass is 9.90. The van der Waals surface area contributed by atoms with E-state index in [0.29, 0.717) is 23.1 Å². The molecule has 39 heavy (non-hydrogen) atoms. The van der Waals surface area contributed by atoms with E-state index in [2.05, 4.69) is 29.6 Å². The van der Waals surface area contributed by atoms with Gasteiger partial charge < -0.3 is 10.1 Å². The number of hydrogen-bond acceptors (Lipinski definition) is 5. The Labute approximate surface area is 232 Å². The fourth-order valence-electron chi connectivity index (χ4n) is 4.49. The fraction of sp³-hybridized carbons (Fsp3) is 0.156. The molecule has 0 bridgehead atoms. The lowest BCUT2D eigenvalue weighted by Crippen LogP contribution is -2.46. The van der Waals surface area contributed by atoms with Gasteiger partial charge in [0.25, 0.3) is 0 Å². The van der Waals surface area contributed by atoms with Crippen molar-refractivity contribution in [2.75, 3.05) is 19.0 Å². The smallest absolute Gasteiger partial charge is 0.238 e. The number of ether oxygens (including phenoxy) is 1. The van der Waals surface area contributed by atoms with Gasteiger partial charge in [-0.15, -0.1) is 0 Å². The minimum atomic E-state index is -0.599. The van der Waals surface area contributed by atoms with Gasteiger partial charge in [-0.1, -0.05) is 90.6 Å². The van der Waals surface area contributed by atoms with E-state index in [1.807, 2.05) is 91.0 Å². The van der Waals surface area contributed by atoms with E-state index in [1.54, 1.807) is 12.0 Å². The van der Waals surface area contributed by atoms with Crippen molar-refractivity contribution >= 4 is 40.1 Å². The Bertz CT molecular complexity index is 1390. The molecule has 1 atom stereocenters. The van der Waals surface area contributed by atoms with Crippen LogP contribution in [0.1, 0.15) is 23.5 Å². The number of amides is 2. The average molecular weight is 536 g/mol. The minimum absolute atomic E-state index is 0.0623. The lowest BCUT2D eigenvalue weighted by Gasteiger charge is -2.34. The molecule has 4 aromatic rings. The van der Waals surface area contributed by atoms with Crippen LogP contribution in [0.15, 0.2) is 120 Å². The van der Waals surface area contributed by atoms with Gasteiger partial charge in [-0.05, 0) is 47.5 Å². The second-order valence-corrected chi connectivity index (χ2v) is 10.3. The summed E-state index contributed by atoms with van der Waals surface area (Å²) in [7, 11) is 1.61. The van der Waals surface area contributed by atoms with Crippen LogP contribution in [0.2, 0.25) is 0 Å². The van der Waals surface area contributed by atoms with Crippen molar-refractivity contribution in [3.63, 3.8) is 0 Å². The Kier molecular flexibility index (Phi) is 8.39. The SMILES string of the molecule is COc1ccc(N=C2S[C@@H](C(=O)Nc3ccccc3)CC(=O)N2CC(c2ccccc2)c2ccccc2)cc1. The maximum atomic E-state index is 13.7. The molecule has 1 aliphatic rings. The zero-order valence-corrected chi connectivity index (χ0v) is 22.4. The van der Waals surface area contributed by atoms with Crippen molar-refractivity contribution in [3.05, 3.63) is 126 Å². The number of benzene rings is 4. The van der Waals surface area contributed by atoms with E-state index in [-0.39, 0.29) is 24.2 Å². The van der Waals surface area contributed by atoms with E-state index in [0.717, 1.165) is 16.9 Å². The van der Waals surface area contributed by atoms with Crippen LogP contribution in [-0.4, -0.2) is 40.8 Å². The molecule has 1 heterocycles. The monoisotopic (exact) mass is 535 g/mol. The van der Waals surface area contributed by atoms with Gasteiger partial charge in [0.2, 0.25) is 11.8 Å². The van der Waals surface area contributed by atoms with Gasteiger partial charge in [0.05, 0.1) is 12.8 Å². The highest BCUT2D eigenvalue weighted by atomic mass is 32.2. The number of nitrogens with zero attached hydrogens (tertiary/aromatic N) is 2. The number of hydrogen-bond donors (Lipinski definition) is 1. The molecule has 0 aliphatic carbocycles. The van der Waals surface area contributed by atoms with Crippen LogP contribution in [0, 0.1) is 0 Å². The molecule has 2 amide bonds. The first-order valence-electron chi connectivity index (χ1n) is 12.8. The number of amidine groups is 1. The molecule has 4 aromatic carbocycles. The predicted octanol–water partition coefficient (Wildman–Crippen LogP) is 6.49. The topological polar surface area (TPSA) is 71.0 Å². The number of methoxy groups -OCH3 is 1. The van der Waals surface area contributed by atoms with E-state index in [1.165, 1.54) is 11.8 Å². The molecule has 1 aliphatic heterocycles. The van der Waals surface area contributed by atoms with Gasteiger partial charge in [-0.3, -0.25) is 14.5 Å². The highest BCUT2D eigenvalue weighted by molar-refractivity contribution is 8.15. The summed E-state index contributed by atoms with van der Waals surface area (Å²) in [5, 5.41) is 2.84. The zero-order chi connectivity index (χ0) is 27.0. The highest BCUT2D eigenvalue weighted by Gasteiger charge is 2.37. The van der Waals surface area contributed by atoms with Crippen LogP contribution >= 0.6 is 11.8 Å². The van der Waals surface area contributed by atoms with Crippen molar-refractivity contribution in [3.8, 4) is 5.75 Å². The molecule has 7 heteroatoms. The molecule has 0 aromatic heterocycles. The standard InChI is InChI=1S/C32H29N3O3S/c1-38-27-19-17-26(18-20-27)34-32-35(22-28(23-11-5-2-6-12-23)24-13-7-3-8-14-24)30(36)21-29(39-32)31(37)33-25-15-9-4-10-16-25/h2-20,28-29H,21-22H2,1H3,(H,33,37)/t29-/m1/s1. The van der Waals surface area contributed by atoms with Crippen molar-refractivity contribution in [2.24, 2.45) is 4.99 Å². The van der Waals surface area contributed by atoms with E-state index >= 15 is 0 Å². The van der Waals surface area contributed by atoms with Gasteiger partial charge in [-0.2, -0.15) is 0 Å². The number of thioether (sulfide) groups is 1. The first-order valence-corrected chi connectivity index (χ1v) is 13.6. The van der Waals surface area contributed by atoms with Crippen LogP contribution < -0.4 is 10.1 Å². The molecule has 5 rings (SSSR count). The Morgan fingerprint density at radius 2 is 1.46 bits per heavy atom. The summed E-state index contributed by atoms with van der Waals surface area (Å²) in [6.07, 6.45) is 0.0846. The summed E-state index contributed by atoms with van der Waals surface area (Å²) in [6, 6.07) is 36.9.